The maximum atomic E-state index is 12.4. The van der Waals surface area contributed by atoms with Crippen molar-refractivity contribution < 1.29 is 4.21 Å². The lowest BCUT2D eigenvalue weighted by Gasteiger charge is -2.19. The number of aromatic nitrogens is 1. The van der Waals surface area contributed by atoms with E-state index < -0.39 is 11.0 Å². The molecule has 0 aliphatic heterocycles. The molecule has 3 nitrogen and oxygen atoms in total. The Labute approximate surface area is 136 Å². The van der Waals surface area contributed by atoms with E-state index in [-0.39, 0.29) is 5.41 Å². The van der Waals surface area contributed by atoms with Crippen LogP contribution in [-0.2, 0) is 16.4 Å². The quantitative estimate of drug-likeness (QED) is 0.807. The van der Waals surface area contributed by atoms with Crippen LogP contribution in [0.4, 0.5) is 5.69 Å². The van der Waals surface area contributed by atoms with Gasteiger partial charge in [-0.15, -0.1) is 0 Å². The van der Waals surface area contributed by atoms with Crippen molar-refractivity contribution in [2.45, 2.75) is 38.0 Å². The lowest BCUT2D eigenvalue weighted by atomic mass is 9.87. The van der Waals surface area contributed by atoms with Gasteiger partial charge >= 0.3 is 0 Å². The van der Waals surface area contributed by atoms with E-state index in [0.717, 1.165) is 16.1 Å². The maximum Gasteiger partial charge on any atom is 0.150 e. The zero-order chi connectivity index (χ0) is 15.6. The normalized spacial score (nSPS) is 13.0. The van der Waals surface area contributed by atoms with Gasteiger partial charge in [-0.25, -0.2) is 9.19 Å². The van der Waals surface area contributed by atoms with Crippen LogP contribution in [0, 0.1) is 6.92 Å². The number of benzene rings is 1. The Morgan fingerprint density at radius 2 is 1.81 bits per heavy atom. The summed E-state index contributed by atoms with van der Waals surface area (Å²) in [5.74, 6) is 0. The molecule has 21 heavy (non-hydrogen) atoms. The molecule has 0 amide bonds. The van der Waals surface area contributed by atoms with E-state index >= 15 is 0 Å². The monoisotopic (exact) mass is 366 g/mol. The van der Waals surface area contributed by atoms with Crippen molar-refractivity contribution in [3.8, 4) is 0 Å². The SMILES string of the molecule is Cc1cnc(Br)c(NS(=O)c2ccc(C(C)(C)C)cc2)c1. The summed E-state index contributed by atoms with van der Waals surface area (Å²) >= 11 is 3.36. The number of halogens is 1. The first-order valence-electron chi connectivity index (χ1n) is 6.68. The van der Waals surface area contributed by atoms with Gasteiger partial charge in [0, 0.05) is 6.20 Å². The molecular weight excluding hydrogens is 348 g/mol. The van der Waals surface area contributed by atoms with Crippen molar-refractivity contribution in [1.29, 1.82) is 0 Å². The second-order valence-corrected chi connectivity index (χ2v) is 7.96. The van der Waals surface area contributed by atoms with Gasteiger partial charge in [-0.05, 0) is 57.6 Å². The third kappa shape index (κ3) is 4.14. The predicted octanol–water partition coefficient (Wildman–Crippen LogP) is 4.58. The van der Waals surface area contributed by atoms with Gasteiger partial charge in [0.05, 0.1) is 10.6 Å². The van der Waals surface area contributed by atoms with Crippen molar-refractivity contribution in [3.63, 3.8) is 0 Å². The fraction of sp³-hybridized carbons (Fsp3) is 0.312. The van der Waals surface area contributed by atoms with Gasteiger partial charge in [-0.3, -0.25) is 4.72 Å². The van der Waals surface area contributed by atoms with Crippen LogP contribution in [0.1, 0.15) is 31.9 Å². The molecule has 0 saturated carbocycles. The molecule has 2 aromatic rings. The Kier molecular flexibility index (Phi) is 4.84. The number of nitrogens with zero attached hydrogens (tertiary/aromatic N) is 1. The molecule has 1 aromatic carbocycles. The van der Waals surface area contributed by atoms with Crippen LogP contribution in [0.2, 0.25) is 0 Å². The molecule has 0 radical (unpaired) electrons. The first kappa shape index (κ1) is 16.2. The summed E-state index contributed by atoms with van der Waals surface area (Å²) in [6.07, 6.45) is 1.76. The van der Waals surface area contributed by atoms with Gasteiger partial charge in [0.25, 0.3) is 0 Å². The summed E-state index contributed by atoms with van der Waals surface area (Å²) in [6, 6.07) is 9.77. The molecule has 0 bridgehead atoms. The number of pyridine rings is 1. The van der Waals surface area contributed by atoms with E-state index in [9.17, 15) is 4.21 Å². The number of rotatable bonds is 3. The fourth-order valence-electron chi connectivity index (χ4n) is 1.86. The minimum absolute atomic E-state index is 0.0942. The minimum Gasteiger partial charge on any atom is -0.298 e. The van der Waals surface area contributed by atoms with E-state index in [2.05, 4.69) is 46.4 Å². The summed E-state index contributed by atoms with van der Waals surface area (Å²) < 4.78 is 16.0. The molecule has 1 aromatic heterocycles. The Morgan fingerprint density at radius 1 is 1.19 bits per heavy atom. The van der Waals surface area contributed by atoms with Crippen molar-refractivity contribution >= 4 is 32.6 Å². The van der Waals surface area contributed by atoms with Crippen molar-refractivity contribution in [2.24, 2.45) is 0 Å². The molecule has 1 N–H and O–H groups in total. The number of aryl methyl sites for hydroxylation is 1. The van der Waals surface area contributed by atoms with Gasteiger partial charge in [0.1, 0.15) is 15.6 Å². The van der Waals surface area contributed by atoms with Crippen LogP contribution in [-0.4, -0.2) is 9.19 Å². The first-order valence-corrected chi connectivity index (χ1v) is 8.63. The van der Waals surface area contributed by atoms with E-state index in [4.69, 9.17) is 0 Å². The number of hydrogen-bond acceptors (Lipinski definition) is 2. The molecule has 0 spiro atoms. The van der Waals surface area contributed by atoms with Gasteiger partial charge in [0.2, 0.25) is 0 Å². The Hall–Kier alpha value is -1.20. The molecule has 112 valence electrons. The Morgan fingerprint density at radius 3 is 2.38 bits per heavy atom. The van der Waals surface area contributed by atoms with Crippen molar-refractivity contribution in [1.82, 2.24) is 4.98 Å². The summed E-state index contributed by atoms with van der Waals surface area (Å²) in [7, 11) is -1.31. The van der Waals surface area contributed by atoms with Gasteiger partial charge < -0.3 is 0 Å². The second kappa shape index (κ2) is 6.28. The second-order valence-electron chi connectivity index (χ2n) is 6.00. The summed E-state index contributed by atoms with van der Waals surface area (Å²) in [5.41, 5.74) is 3.06. The molecule has 0 fully saturated rings. The number of anilines is 1. The smallest absolute Gasteiger partial charge is 0.150 e. The van der Waals surface area contributed by atoms with Crippen molar-refractivity contribution in [2.75, 3.05) is 4.72 Å². The molecule has 0 aliphatic rings. The van der Waals surface area contributed by atoms with E-state index in [0.29, 0.717) is 4.60 Å². The molecule has 5 heteroatoms. The van der Waals surface area contributed by atoms with E-state index in [1.54, 1.807) is 6.20 Å². The molecule has 0 saturated heterocycles. The standard InChI is InChI=1S/C16H19BrN2OS/c1-11-9-14(15(17)18-10-11)19-21(20)13-7-5-12(6-8-13)16(2,3)4/h5-10,19H,1-4H3. The fourth-order valence-corrected chi connectivity index (χ4v) is 3.17. The summed E-state index contributed by atoms with van der Waals surface area (Å²) in [6.45, 7) is 8.43. The third-order valence-electron chi connectivity index (χ3n) is 3.11. The van der Waals surface area contributed by atoms with Crippen LogP contribution < -0.4 is 4.72 Å². The van der Waals surface area contributed by atoms with Gasteiger partial charge in [-0.2, -0.15) is 0 Å². The van der Waals surface area contributed by atoms with E-state index in [1.165, 1.54) is 5.56 Å². The van der Waals surface area contributed by atoms with Crippen LogP contribution in [0.5, 0.6) is 0 Å². The number of nitrogens with one attached hydrogen (secondary N) is 1. The van der Waals surface area contributed by atoms with Crippen LogP contribution in [0.25, 0.3) is 0 Å². The first-order chi connectivity index (χ1) is 9.77. The highest BCUT2D eigenvalue weighted by atomic mass is 79.9. The Bertz CT molecular complexity index is 663. The average molecular weight is 367 g/mol. The van der Waals surface area contributed by atoms with Crippen LogP contribution >= 0.6 is 15.9 Å². The predicted molar refractivity (Wildman–Crippen MR) is 91.8 cm³/mol. The Balaban J connectivity index is 2.19. The molecule has 1 unspecified atom stereocenters. The highest BCUT2D eigenvalue weighted by Crippen LogP contribution is 2.25. The summed E-state index contributed by atoms with van der Waals surface area (Å²) in [4.78, 5) is 4.94. The topological polar surface area (TPSA) is 42.0 Å². The van der Waals surface area contributed by atoms with Crippen LogP contribution in [0.3, 0.4) is 0 Å². The van der Waals surface area contributed by atoms with Gasteiger partial charge in [-0.1, -0.05) is 32.9 Å². The maximum absolute atomic E-state index is 12.4. The molecule has 1 atom stereocenters. The minimum atomic E-state index is -1.31. The highest BCUT2D eigenvalue weighted by Gasteiger charge is 2.14. The molecule has 1 heterocycles. The number of hydrogen-bond donors (Lipinski definition) is 1. The van der Waals surface area contributed by atoms with Gasteiger partial charge in [0.15, 0.2) is 0 Å². The lowest BCUT2D eigenvalue weighted by Crippen LogP contribution is -2.11. The summed E-state index contributed by atoms with van der Waals surface area (Å²) in [5, 5.41) is 0. The molecular formula is C16H19BrN2OS. The van der Waals surface area contributed by atoms with Crippen molar-refractivity contribution in [3.05, 3.63) is 52.3 Å². The molecule has 0 aliphatic carbocycles. The lowest BCUT2D eigenvalue weighted by molar-refractivity contribution is 0.589. The third-order valence-corrected chi connectivity index (χ3v) is 4.85. The molecule has 2 rings (SSSR count). The average Bonchev–Trinajstić information content (AvgIpc) is 2.42. The zero-order valence-electron chi connectivity index (χ0n) is 12.6. The van der Waals surface area contributed by atoms with Crippen LogP contribution in [0.15, 0.2) is 46.0 Å². The largest absolute Gasteiger partial charge is 0.298 e. The highest BCUT2D eigenvalue weighted by molar-refractivity contribution is 9.10. The zero-order valence-corrected chi connectivity index (χ0v) is 15.0. The van der Waals surface area contributed by atoms with E-state index in [1.807, 2.05) is 37.3 Å².